The van der Waals surface area contributed by atoms with Gasteiger partial charge < -0.3 is 5.32 Å². The van der Waals surface area contributed by atoms with Gasteiger partial charge in [0.1, 0.15) is 0 Å². The monoisotopic (exact) mass is 221 g/mol. The molecule has 1 fully saturated rings. The highest BCUT2D eigenvalue weighted by molar-refractivity contribution is 5.38. The largest absolute Gasteiger partial charge is 0.383 e. The SMILES string of the molecule is CC1CCCC(CNc2cn[nH]c(=O)c2)C1. The fraction of sp³-hybridized carbons (Fsp3) is 0.667. The van der Waals surface area contributed by atoms with Gasteiger partial charge in [-0.25, -0.2) is 5.10 Å². The highest BCUT2D eigenvalue weighted by Gasteiger charge is 2.18. The Balaban J connectivity index is 1.85. The number of aromatic amines is 1. The maximum atomic E-state index is 11.0. The van der Waals surface area contributed by atoms with Crippen LogP contribution in [0.3, 0.4) is 0 Å². The van der Waals surface area contributed by atoms with E-state index < -0.39 is 0 Å². The number of nitrogens with zero attached hydrogens (tertiary/aromatic N) is 1. The number of hydrogen-bond acceptors (Lipinski definition) is 3. The van der Waals surface area contributed by atoms with Crippen LogP contribution in [-0.4, -0.2) is 16.7 Å². The molecule has 2 N–H and O–H groups in total. The maximum Gasteiger partial charge on any atom is 0.266 e. The van der Waals surface area contributed by atoms with Gasteiger partial charge in [-0.2, -0.15) is 5.10 Å². The number of rotatable bonds is 3. The normalized spacial score (nSPS) is 25.3. The van der Waals surface area contributed by atoms with Crippen molar-refractivity contribution >= 4 is 5.69 Å². The van der Waals surface area contributed by atoms with E-state index in [9.17, 15) is 4.79 Å². The Kier molecular flexibility index (Phi) is 3.59. The molecule has 88 valence electrons. The van der Waals surface area contributed by atoms with Crippen LogP contribution >= 0.6 is 0 Å². The third-order valence-electron chi connectivity index (χ3n) is 3.30. The predicted molar refractivity (Wildman–Crippen MR) is 64.5 cm³/mol. The van der Waals surface area contributed by atoms with Crippen LogP contribution in [0.4, 0.5) is 5.69 Å². The highest BCUT2D eigenvalue weighted by atomic mass is 16.1. The van der Waals surface area contributed by atoms with Crippen LogP contribution in [-0.2, 0) is 0 Å². The number of anilines is 1. The minimum Gasteiger partial charge on any atom is -0.383 e. The summed E-state index contributed by atoms with van der Waals surface area (Å²) >= 11 is 0. The molecule has 0 aliphatic heterocycles. The van der Waals surface area contributed by atoms with Crippen molar-refractivity contribution in [1.82, 2.24) is 10.2 Å². The smallest absolute Gasteiger partial charge is 0.266 e. The fourth-order valence-electron chi connectivity index (χ4n) is 2.48. The van der Waals surface area contributed by atoms with Crippen molar-refractivity contribution in [1.29, 1.82) is 0 Å². The topological polar surface area (TPSA) is 57.8 Å². The molecule has 1 saturated carbocycles. The van der Waals surface area contributed by atoms with Crippen LogP contribution in [0.1, 0.15) is 32.6 Å². The lowest BCUT2D eigenvalue weighted by Crippen LogP contribution is -2.21. The molecule has 0 spiro atoms. The van der Waals surface area contributed by atoms with E-state index in [0.29, 0.717) is 0 Å². The lowest BCUT2D eigenvalue weighted by Gasteiger charge is -2.26. The van der Waals surface area contributed by atoms with E-state index in [1.54, 1.807) is 12.3 Å². The first-order valence-corrected chi connectivity index (χ1v) is 6.02. The molecule has 16 heavy (non-hydrogen) atoms. The molecule has 2 unspecified atom stereocenters. The van der Waals surface area contributed by atoms with Gasteiger partial charge in [0.05, 0.1) is 11.9 Å². The third kappa shape index (κ3) is 3.08. The summed E-state index contributed by atoms with van der Waals surface area (Å²) in [6.45, 7) is 3.27. The molecule has 1 heterocycles. The molecule has 4 heteroatoms. The molecule has 1 aromatic rings. The molecule has 4 nitrogen and oxygen atoms in total. The zero-order valence-electron chi connectivity index (χ0n) is 9.70. The molecule has 0 saturated heterocycles. The van der Waals surface area contributed by atoms with Crippen LogP contribution < -0.4 is 10.9 Å². The van der Waals surface area contributed by atoms with Gasteiger partial charge in [0, 0.05) is 12.6 Å². The zero-order valence-corrected chi connectivity index (χ0v) is 9.70. The van der Waals surface area contributed by atoms with Crippen molar-refractivity contribution in [2.45, 2.75) is 32.6 Å². The van der Waals surface area contributed by atoms with Gasteiger partial charge in [-0.15, -0.1) is 0 Å². The Morgan fingerprint density at radius 2 is 2.44 bits per heavy atom. The number of H-pyrrole nitrogens is 1. The van der Waals surface area contributed by atoms with Crippen LogP contribution in [0.2, 0.25) is 0 Å². The summed E-state index contributed by atoms with van der Waals surface area (Å²) in [4.78, 5) is 11.0. The second kappa shape index (κ2) is 5.14. The summed E-state index contributed by atoms with van der Waals surface area (Å²) in [5.74, 6) is 1.58. The van der Waals surface area contributed by atoms with Crippen molar-refractivity contribution in [3.05, 3.63) is 22.6 Å². The molecular formula is C12H19N3O. The average Bonchev–Trinajstić information content (AvgIpc) is 2.27. The summed E-state index contributed by atoms with van der Waals surface area (Å²) in [6, 6.07) is 1.55. The van der Waals surface area contributed by atoms with Gasteiger partial charge in [-0.1, -0.05) is 19.8 Å². The lowest BCUT2D eigenvalue weighted by molar-refractivity contribution is 0.293. The van der Waals surface area contributed by atoms with E-state index in [-0.39, 0.29) is 5.56 Å². The van der Waals surface area contributed by atoms with E-state index in [1.807, 2.05) is 0 Å². The van der Waals surface area contributed by atoms with Crippen molar-refractivity contribution < 1.29 is 0 Å². The zero-order chi connectivity index (χ0) is 11.4. The summed E-state index contributed by atoms with van der Waals surface area (Å²) in [5.41, 5.74) is 0.670. The van der Waals surface area contributed by atoms with Gasteiger partial charge in [0.25, 0.3) is 5.56 Å². The second-order valence-corrected chi connectivity index (χ2v) is 4.85. The predicted octanol–water partition coefficient (Wildman–Crippen LogP) is 2.01. The van der Waals surface area contributed by atoms with E-state index in [4.69, 9.17) is 0 Å². The third-order valence-corrected chi connectivity index (χ3v) is 3.30. The first kappa shape index (κ1) is 11.2. The first-order valence-electron chi connectivity index (χ1n) is 6.02. The fourth-order valence-corrected chi connectivity index (χ4v) is 2.48. The van der Waals surface area contributed by atoms with Crippen molar-refractivity contribution in [2.24, 2.45) is 11.8 Å². The molecule has 2 atom stereocenters. The van der Waals surface area contributed by atoms with Crippen molar-refractivity contribution in [3.8, 4) is 0 Å². The van der Waals surface area contributed by atoms with E-state index in [2.05, 4.69) is 22.4 Å². The maximum absolute atomic E-state index is 11.0. The van der Waals surface area contributed by atoms with Gasteiger partial charge in [-0.05, 0) is 24.7 Å². The van der Waals surface area contributed by atoms with Crippen LogP contribution in [0.25, 0.3) is 0 Å². The van der Waals surface area contributed by atoms with Crippen LogP contribution in [0, 0.1) is 11.8 Å². The molecule has 0 aromatic carbocycles. The molecule has 1 aromatic heterocycles. The molecule has 2 rings (SSSR count). The Labute approximate surface area is 95.5 Å². The van der Waals surface area contributed by atoms with E-state index in [0.717, 1.165) is 24.1 Å². The number of nitrogens with one attached hydrogen (secondary N) is 2. The molecular weight excluding hydrogens is 202 g/mol. The summed E-state index contributed by atoms with van der Waals surface area (Å²) in [5, 5.41) is 9.43. The molecule has 1 aliphatic rings. The molecule has 0 bridgehead atoms. The molecule has 1 aliphatic carbocycles. The van der Waals surface area contributed by atoms with Gasteiger partial charge in [0.2, 0.25) is 0 Å². The minimum atomic E-state index is -0.151. The average molecular weight is 221 g/mol. The summed E-state index contributed by atoms with van der Waals surface area (Å²) in [7, 11) is 0. The molecule has 0 radical (unpaired) electrons. The quantitative estimate of drug-likeness (QED) is 0.820. The number of aromatic nitrogens is 2. The van der Waals surface area contributed by atoms with E-state index >= 15 is 0 Å². The Hall–Kier alpha value is -1.32. The van der Waals surface area contributed by atoms with Gasteiger partial charge >= 0.3 is 0 Å². The standard InChI is InChI=1S/C12H19N3O/c1-9-3-2-4-10(5-9)7-13-11-6-12(16)15-14-8-11/h6,8-10H,2-5,7H2,1H3,(H2,13,15,16). The van der Waals surface area contributed by atoms with Crippen LogP contribution in [0.15, 0.2) is 17.1 Å². The Morgan fingerprint density at radius 1 is 1.56 bits per heavy atom. The van der Waals surface area contributed by atoms with E-state index in [1.165, 1.54) is 25.7 Å². The van der Waals surface area contributed by atoms with Crippen molar-refractivity contribution in [3.63, 3.8) is 0 Å². The molecule has 0 amide bonds. The van der Waals surface area contributed by atoms with Crippen LogP contribution in [0.5, 0.6) is 0 Å². The summed E-state index contributed by atoms with van der Waals surface area (Å²) < 4.78 is 0. The van der Waals surface area contributed by atoms with Crippen molar-refractivity contribution in [2.75, 3.05) is 11.9 Å². The number of hydrogen-bond donors (Lipinski definition) is 2. The second-order valence-electron chi connectivity index (χ2n) is 4.85. The summed E-state index contributed by atoms with van der Waals surface area (Å²) in [6.07, 6.45) is 6.95. The lowest BCUT2D eigenvalue weighted by atomic mass is 9.82. The Morgan fingerprint density at radius 3 is 3.19 bits per heavy atom. The Bertz CT molecular complexity index is 388. The first-order chi connectivity index (χ1) is 7.74. The van der Waals surface area contributed by atoms with Gasteiger partial charge in [-0.3, -0.25) is 4.79 Å². The highest BCUT2D eigenvalue weighted by Crippen LogP contribution is 2.28. The van der Waals surface area contributed by atoms with Gasteiger partial charge in [0.15, 0.2) is 0 Å². The minimum absolute atomic E-state index is 0.151.